The molecule has 2 aliphatic rings. The summed E-state index contributed by atoms with van der Waals surface area (Å²) in [6, 6.07) is 15.2. The van der Waals surface area contributed by atoms with Crippen LogP contribution < -0.4 is 4.74 Å². The van der Waals surface area contributed by atoms with E-state index in [-0.39, 0.29) is 12.0 Å². The van der Waals surface area contributed by atoms with E-state index in [1.165, 1.54) is 5.56 Å². The zero-order valence-electron chi connectivity index (χ0n) is 15.9. The highest BCUT2D eigenvalue weighted by Crippen LogP contribution is 2.40. The summed E-state index contributed by atoms with van der Waals surface area (Å²) in [4.78, 5) is 14.8. The molecule has 0 spiro atoms. The fourth-order valence-corrected chi connectivity index (χ4v) is 4.64. The molecule has 5 heteroatoms. The number of carbonyl (C=O) groups is 1. The van der Waals surface area contributed by atoms with Crippen LogP contribution in [0.25, 0.3) is 0 Å². The molecule has 0 bridgehead atoms. The molecule has 0 aromatic heterocycles. The molecule has 1 heterocycles. The lowest BCUT2D eigenvalue weighted by molar-refractivity contribution is 0.0770. The number of nitriles is 1. The van der Waals surface area contributed by atoms with Gasteiger partial charge in [-0.3, -0.25) is 4.79 Å². The molecule has 1 saturated heterocycles. The second-order valence-electron chi connectivity index (χ2n) is 7.75. The number of aryl methyl sites for hydroxylation is 1. The Balaban J connectivity index is 1.34. The van der Waals surface area contributed by atoms with Crippen molar-refractivity contribution < 1.29 is 9.53 Å². The Hall–Kier alpha value is -2.51. The number of benzene rings is 2. The number of hydrogen-bond acceptors (Lipinski definition) is 3. The van der Waals surface area contributed by atoms with E-state index in [1.54, 1.807) is 18.2 Å². The first-order valence-corrected chi connectivity index (χ1v) is 10.2. The third-order valence-corrected chi connectivity index (χ3v) is 6.28. The van der Waals surface area contributed by atoms with Crippen LogP contribution in [0.4, 0.5) is 0 Å². The van der Waals surface area contributed by atoms with Crippen molar-refractivity contribution in [2.45, 2.75) is 32.3 Å². The van der Waals surface area contributed by atoms with E-state index in [0.717, 1.165) is 37.9 Å². The van der Waals surface area contributed by atoms with Crippen LogP contribution in [0.15, 0.2) is 42.5 Å². The van der Waals surface area contributed by atoms with Crippen LogP contribution in [-0.2, 0) is 6.42 Å². The van der Waals surface area contributed by atoms with Gasteiger partial charge in [0.1, 0.15) is 11.8 Å². The Morgan fingerprint density at radius 3 is 2.43 bits per heavy atom. The molecule has 0 radical (unpaired) electrons. The number of ether oxygens (including phenoxy) is 1. The molecule has 28 heavy (non-hydrogen) atoms. The number of likely N-dealkylation sites (tertiary alicyclic amines) is 1. The van der Waals surface area contributed by atoms with Gasteiger partial charge in [-0.1, -0.05) is 30.7 Å². The maximum atomic E-state index is 12.8. The van der Waals surface area contributed by atoms with Crippen LogP contribution in [0.1, 0.15) is 41.3 Å². The molecule has 4 nitrogen and oxygen atoms in total. The van der Waals surface area contributed by atoms with Crippen LogP contribution in [0.3, 0.4) is 0 Å². The first kappa shape index (κ1) is 18.8. The number of fused-ring (bicyclic) bond motifs is 1. The number of hydrogen-bond donors (Lipinski definition) is 0. The average molecular weight is 395 g/mol. The van der Waals surface area contributed by atoms with E-state index in [4.69, 9.17) is 21.6 Å². The Kier molecular flexibility index (Phi) is 5.28. The van der Waals surface area contributed by atoms with Gasteiger partial charge in [-0.15, -0.1) is 0 Å². The van der Waals surface area contributed by atoms with Gasteiger partial charge < -0.3 is 9.64 Å². The van der Waals surface area contributed by atoms with E-state index in [2.05, 4.69) is 13.0 Å². The molecule has 2 aromatic rings. The van der Waals surface area contributed by atoms with Gasteiger partial charge in [-0.2, -0.15) is 5.26 Å². The molecule has 3 atom stereocenters. The summed E-state index contributed by atoms with van der Waals surface area (Å²) in [7, 11) is 0. The third kappa shape index (κ3) is 3.72. The lowest BCUT2D eigenvalue weighted by Crippen LogP contribution is -2.30. The highest BCUT2D eigenvalue weighted by molar-refractivity contribution is 6.31. The molecule has 144 valence electrons. The zero-order valence-corrected chi connectivity index (χ0v) is 16.7. The summed E-state index contributed by atoms with van der Waals surface area (Å²) in [6.45, 7) is 3.71. The average Bonchev–Trinajstić information content (AvgIpc) is 3.26. The van der Waals surface area contributed by atoms with Crippen LogP contribution in [0.2, 0.25) is 5.02 Å². The Morgan fingerprint density at radius 2 is 1.86 bits per heavy atom. The smallest absolute Gasteiger partial charge is 0.253 e. The van der Waals surface area contributed by atoms with Gasteiger partial charge in [0.15, 0.2) is 0 Å². The molecule has 2 aromatic carbocycles. The van der Waals surface area contributed by atoms with Crippen LogP contribution in [0, 0.1) is 23.2 Å². The van der Waals surface area contributed by atoms with Gasteiger partial charge in [-0.25, -0.2) is 0 Å². The first-order chi connectivity index (χ1) is 13.6. The van der Waals surface area contributed by atoms with Crippen molar-refractivity contribution in [1.82, 2.24) is 4.90 Å². The second-order valence-corrected chi connectivity index (χ2v) is 8.15. The Morgan fingerprint density at radius 1 is 1.18 bits per heavy atom. The summed E-state index contributed by atoms with van der Waals surface area (Å²) in [5, 5.41) is 9.39. The van der Waals surface area contributed by atoms with Crippen LogP contribution >= 0.6 is 11.6 Å². The van der Waals surface area contributed by atoms with Crippen molar-refractivity contribution in [1.29, 1.82) is 5.26 Å². The predicted molar refractivity (Wildman–Crippen MR) is 109 cm³/mol. The van der Waals surface area contributed by atoms with Gasteiger partial charge in [-0.05, 0) is 60.9 Å². The SMILES string of the molecule is CCc1ccc(C(=O)N2C[C@H]3C[C@@H](Oc4ccc(C#N)c(Cl)c4)C[C@H]3C2)cc1. The van der Waals surface area contributed by atoms with Crippen LogP contribution in [0.5, 0.6) is 5.75 Å². The number of carbonyl (C=O) groups excluding carboxylic acids is 1. The maximum Gasteiger partial charge on any atom is 0.253 e. The third-order valence-electron chi connectivity index (χ3n) is 5.97. The van der Waals surface area contributed by atoms with Crippen LogP contribution in [-0.4, -0.2) is 30.0 Å². The predicted octanol–water partition coefficient (Wildman–Crippen LogP) is 4.70. The fraction of sp³-hybridized carbons (Fsp3) is 0.391. The zero-order chi connectivity index (χ0) is 19.7. The highest BCUT2D eigenvalue weighted by atomic mass is 35.5. The van der Waals surface area contributed by atoms with E-state index >= 15 is 0 Å². The van der Waals surface area contributed by atoms with E-state index in [9.17, 15) is 4.79 Å². The minimum absolute atomic E-state index is 0.133. The second kappa shape index (κ2) is 7.85. The largest absolute Gasteiger partial charge is 0.490 e. The van der Waals surface area contributed by atoms with Gasteiger partial charge in [0.05, 0.1) is 16.7 Å². The molecule has 0 N–H and O–H groups in total. The minimum atomic E-state index is 0.133. The molecule has 0 unspecified atom stereocenters. The summed E-state index contributed by atoms with van der Waals surface area (Å²) in [5.74, 6) is 1.81. The van der Waals surface area contributed by atoms with Crippen molar-refractivity contribution in [3.63, 3.8) is 0 Å². The Bertz CT molecular complexity index is 905. The quantitative estimate of drug-likeness (QED) is 0.754. The number of nitrogens with zero attached hydrogens (tertiary/aromatic N) is 2. The summed E-state index contributed by atoms with van der Waals surface area (Å²) in [6.07, 6.45) is 3.01. The summed E-state index contributed by atoms with van der Waals surface area (Å²) < 4.78 is 6.10. The van der Waals surface area contributed by atoms with E-state index < -0.39 is 0 Å². The molecular weight excluding hydrogens is 372 g/mol. The normalized spacial score (nSPS) is 23.3. The van der Waals surface area contributed by atoms with E-state index in [1.807, 2.05) is 29.2 Å². The molecule has 1 aliphatic heterocycles. The maximum absolute atomic E-state index is 12.8. The van der Waals surface area contributed by atoms with Crippen molar-refractivity contribution in [3.8, 4) is 11.8 Å². The lowest BCUT2D eigenvalue weighted by Gasteiger charge is -2.20. The topological polar surface area (TPSA) is 53.3 Å². The van der Waals surface area contributed by atoms with Crippen molar-refractivity contribution in [3.05, 3.63) is 64.2 Å². The molecule has 2 fully saturated rings. The van der Waals surface area contributed by atoms with Gasteiger partial charge in [0.25, 0.3) is 5.91 Å². The standard InChI is InChI=1S/C23H23ClN2O2/c1-2-15-3-5-16(6-4-15)23(27)26-13-18-9-21(10-19(18)14-26)28-20-8-7-17(12-25)22(24)11-20/h3-8,11,18-19,21H,2,9-10,13-14H2,1H3/t18-,19+,21-. The van der Waals surface area contributed by atoms with Crippen molar-refractivity contribution in [2.24, 2.45) is 11.8 Å². The number of halogens is 1. The molecule has 4 rings (SSSR count). The molecule has 1 saturated carbocycles. The molecular formula is C23H23ClN2O2. The van der Waals surface area contributed by atoms with E-state index in [0.29, 0.717) is 28.2 Å². The monoisotopic (exact) mass is 394 g/mol. The van der Waals surface area contributed by atoms with Gasteiger partial charge >= 0.3 is 0 Å². The van der Waals surface area contributed by atoms with Crippen molar-refractivity contribution in [2.75, 3.05) is 13.1 Å². The Labute approximate surface area is 170 Å². The number of amides is 1. The minimum Gasteiger partial charge on any atom is -0.490 e. The lowest BCUT2D eigenvalue weighted by atomic mass is 10.0. The van der Waals surface area contributed by atoms with Gasteiger partial charge in [0.2, 0.25) is 0 Å². The first-order valence-electron chi connectivity index (χ1n) is 9.82. The highest BCUT2D eigenvalue weighted by Gasteiger charge is 2.43. The fourth-order valence-electron chi connectivity index (χ4n) is 4.42. The van der Waals surface area contributed by atoms with Crippen molar-refractivity contribution >= 4 is 17.5 Å². The van der Waals surface area contributed by atoms with Gasteiger partial charge in [0, 0.05) is 24.7 Å². The molecule has 1 amide bonds. The molecule has 1 aliphatic carbocycles. The number of rotatable bonds is 4. The summed E-state index contributed by atoms with van der Waals surface area (Å²) >= 11 is 6.10. The summed E-state index contributed by atoms with van der Waals surface area (Å²) in [5.41, 5.74) is 2.48.